The fourth-order valence-electron chi connectivity index (χ4n) is 4.65. The van der Waals surface area contributed by atoms with E-state index in [0.29, 0.717) is 23.5 Å². The molecule has 0 unspecified atom stereocenters. The summed E-state index contributed by atoms with van der Waals surface area (Å²) in [6, 6.07) is 22.8. The van der Waals surface area contributed by atoms with E-state index in [9.17, 15) is 9.59 Å². The summed E-state index contributed by atoms with van der Waals surface area (Å²) in [4.78, 5) is 27.8. The summed E-state index contributed by atoms with van der Waals surface area (Å²) < 4.78 is 11.2. The molecule has 212 valence electrons. The summed E-state index contributed by atoms with van der Waals surface area (Å²) >= 11 is 0. The van der Waals surface area contributed by atoms with E-state index in [1.807, 2.05) is 54.6 Å². The van der Waals surface area contributed by atoms with Gasteiger partial charge in [-0.05, 0) is 54.0 Å². The highest BCUT2D eigenvalue weighted by molar-refractivity contribution is 6.05. The first kappa shape index (κ1) is 29.7. The molecule has 0 aromatic heterocycles. The van der Waals surface area contributed by atoms with Gasteiger partial charge in [0.25, 0.3) is 5.91 Å². The van der Waals surface area contributed by atoms with Gasteiger partial charge in [0.2, 0.25) is 5.79 Å². The molecular formula is C36H39NO4. The van der Waals surface area contributed by atoms with Gasteiger partial charge >= 0.3 is 5.97 Å². The van der Waals surface area contributed by atoms with Crippen molar-refractivity contribution in [1.82, 2.24) is 0 Å². The molecule has 0 fully saturated rings. The summed E-state index contributed by atoms with van der Waals surface area (Å²) in [6.45, 7) is 5.93. The van der Waals surface area contributed by atoms with E-state index in [-0.39, 0.29) is 5.91 Å². The summed E-state index contributed by atoms with van der Waals surface area (Å²) in [5.41, 5.74) is 3.70. The second kappa shape index (κ2) is 14.4. The maximum Gasteiger partial charge on any atom is 0.345 e. The Bertz CT molecular complexity index is 1410. The lowest BCUT2D eigenvalue weighted by Gasteiger charge is -2.32. The van der Waals surface area contributed by atoms with Crippen LogP contribution in [0.3, 0.4) is 0 Å². The minimum Gasteiger partial charge on any atom is -0.452 e. The lowest BCUT2D eigenvalue weighted by atomic mass is 10.1. The van der Waals surface area contributed by atoms with Gasteiger partial charge in [-0.25, -0.2) is 4.79 Å². The Kier molecular flexibility index (Phi) is 10.4. The number of hydrogen-bond acceptors (Lipinski definition) is 4. The number of esters is 1. The van der Waals surface area contributed by atoms with Crippen molar-refractivity contribution < 1.29 is 19.1 Å². The molecule has 0 bridgehead atoms. The highest BCUT2D eigenvalue weighted by atomic mass is 16.7. The van der Waals surface area contributed by atoms with E-state index < -0.39 is 11.8 Å². The zero-order valence-electron chi connectivity index (χ0n) is 24.3. The normalized spacial score (nSPS) is 13.5. The molecule has 0 N–H and O–H groups in total. The van der Waals surface area contributed by atoms with Crippen LogP contribution < -0.4 is 9.64 Å². The number of benzene rings is 3. The third kappa shape index (κ3) is 8.85. The highest BCUT2D eigenvalue weighted by Crippen LogP contribution is 2.34. The van der Waals surface area contributed by atoms with Crippen LogP contribution in [0.25, 0.3) is 6.08 Å². The molecule has 1 heterocycles. The molecule has 0 spiro atoms. The third-order valence-corrected chi connectivity index (χ3v) is 6.86. The molecule has 5 heteroatoms. The molecule has 0 saturated heterocycles. The van der Waals surface area contributed by atoms with Crippen molar-refractivity contribution in [2.75, 3.05) is 4.90 Å². The predicted octanol–water partition coefficient (Wildman–Crippen LogP) is 8.32. The molecule has 41 heavy (non-hydrogen) atoms. The maximum absolute atomic E-state index is 13.5. The first-order valence-electron chi connectivity index (χ1n) is 14.5. The van der Waals surface area contributed by atoms with Crippen molar-refractivity contribution in [3.05, 3.63) is 101 Å². The summed E-state index contributed by atoms with van der Waals surface area (Å²) in [7, 11) is 0. The van der Waals surface area contributed by atoms with Crippen LogP contribution in [0.5, 0.6) is 5.75 Å². The largest absolute Gasteiger partial charge is 0.452 e. The first-order chi connectivity index (χ1) is 19.8. The van der Waals surface area contributed by atoms with Gasteiger partial charge in [0.1, 0.15) is 11.3 Å². The van der Waals surface area contributed by atoms with Crippen LogP contribution >= 0.6 is 0 Å². The lowest BCUT2D eigenvalue weighted by Crippen LogP contribution is -2.39. The molecule has 0 aliphatic carbocycles. The third-order valence-electron chi connectivity index (χ3n) is 6.86. The molecule has 0 saturated carbocycles. The van der Waals surface area contributed by atoms with Gasteiger partial charge in [0, 0.05) is 37.6 Å². The number of cyclic esters (lactones) is 1. The van der Waals surface area contributed by atoms with Gasteiger partial charge in [-0.1, -0.05) is 93.3 Å². The first-order valence-corrected chi connectivity index (χ1v) is 14.5. The summed E-state index contributed by atoms with van der Waals surface area (Å²) in [6.07, 6.45) is 11.8. The molecular weight excluding hydrogens is 510 g/mol. The van der Waals surface area contributed by atoms with E-state index in [1.165, 1.54) is 32.1 Å². The number of ether oxygens (including phenoxy) is 2. The van der Waals surface area contributed by atoms with Crippen molar-refractivity contribution in [1.29, 1.82) is 0 Å². The fraction of sp³-hybridized carbons (Fsp3) is 0.333. The lowest BCUT2D eigenvalue weighted by molar-refractivity contribution is -0.127. The molecule has 0 atom stereocenters. The Morgan fingerprint density at radius 2 is 1.63 bits per heavy atom. The average Bonchev–Trinajstić information content (AvgIpc) is 2.96. The molecule has 1 amide bonds. The number of unbranched alkanes of at least 4 members (excludes halogenated alkanes) is 6. The minimum atomic E-state index is -1.04. The number of nitrogens with zero attached hydrogens (tertiary/aromatic N) is 1. The van der Waals surface area contributed by atoms with Crippen molar-refractivity contribution in [3.8, 4) is 17.6 Å². The molecule has 1 aliphatic rings. The molecule has 4 rings (SSSR count). The molecule has 0 radical (unpaired) electrons. The molecule has 1 aliphatic heterocycles. The number of hydrogen-bond donors (Lipinski definition) is 0. The van der Waals surface area contributed by atoms with Crippen LogP contribution in [0, 0.1) is 11.8 Å². The van der Waals surface area contributed by atoms with Crippen LogP contribution in [0.2, 0.25) is 0 Å². The Morgan fingerprint density at radius 1 is 0.902 bits per heavy atom. The summed E-state index contributed by atoms with van der Waals surface area (Å²) in [5, 5.41) is 0. The van der Waals surface area contributed by atoms with Crippen LogP contribution in [0.1, 0.15) is 92.8 Å². The van der Waals surface area contributed by atoms with E-state index in [2.05, 4.69) is 18.8 Å². The van der Waals surface area contributed by atoms with Gasteiger partial charge in [0.05, 0.1) is 6.54 Å². The van der Waals surface area contributed by atoms with Gasteiger partial charge < -0.3 is 14.4 Å². The van der Waals surface area contributed by atoms with E-state index in [4.69, 9.17) is 9.47 Å². The van der Waals surface area contributed by atoms with Crippen LogP contribution in [-0.4, -0.2) is 17.7 Å². The Hall–Kier alpha value is -4.30. The zero-order valence-corrected chi connectivity index (χ0v) is 24.3. The van der Waals surface area contributed by atoms with Crippen molar-refractivity contribution in [3.63, 3.8) is 0 Å². The van der Waals surface area contributed by atoms with Crippen LogP contribution in [0.4, 0.5) is 5.69 Å². The Morgan fingerprint density at radius 3 is 2.39 bits per heavy atom. The average molecular weight is 550 g/mol. The van der Waals surface area contributed by atoms with Crippen molar-refractivity contribution >= 4 is 23.6 Å². The number of rotatable bonds is 11. The molecule has 5 nitrogen and oxygen atoms in total. The van der Waals surface area contributed by atoms with Crippen LogP contribution in [-0.2, 0) is 16.1 Å². The van der Waals surface area contributed by atoms with E-state index >= 15 is 0 Å². The highest BCUT2D eigenvalue weighted by Gasteiger charge is 2.34. The number of carbonyl (C=O) groups excluding carboxylic acids is 2. The molecule has 3 aromatic rings. The smallest absolute Gasteiger partial charge is 0.345 e. The molecule has 3 aromatic carbocycles. The van der Waals surface area contributed by atoms with Gasteiger partial charge in [-0.15, -0.1) is 0 Å². The Labute approximate surface area is 244 Å². The SMILES string of the molecule is CCCCCCCCC#Cc1ccc(CN(C(=O)C=Cc2ccccc2)c2ccc3c(c2)C(=O)OC(C)(C)O3)cc1. The Balaban J connectivity index is 1.49. The van der Waals surface area contributed by atoms with Crippen molar-refractivity contribution in [2.24, 2.45) is 0 Å². The predicted molar refractivity (Wildman–Crippen MR) is 165 cm³/mol. The van der Waals surface area contributed by atoms with Gasteiger partial charge in [0.15, 0.2) is 0 Å². The van der Waals surface area contributed by atoms with Gasteiger partial charge in [-0.3, -0.25) is 4.79 Å². The number of fused-ring (bicyclic) bond motifs is 1. The standard InChI is InChI=1S/C36H39NO4/c1-4-5-6-7-8-9-10-12-17-29-18-20-30(21-19-29)27-37(34(38)25-22-28-15-13-11-14-16-28)31-23-24-33-32(26-31)35(39)41-36(2,3)40-33/h11,13-16,18-26H,4-10,27H2,1-3H3. The topological polar surface area (TPSA) is 55.8 Å². The van der Waals surface area contributed by atoms with Gasteiger partial charge in [-0.2, -0.15) is 0 Å². The number of amides is 1. The number of anilines is 1. The zero-order chi connectivity index (χ0) is 29.1. The number of carbonyl (C=O) groups is 2. The second-order valence-corrected chi connectivity index (χ2v) is 10.8. The van der Waals surface area contributed by atoms with Crippen molar-refractivity contribution in [2.45, 2.75) is 78.0 Å². The monoisotopic (exact) mass is 549 g/mol. The maximum atomic E-state index is 13.5. The van der Waals surface area contributed by atoms with E-state index in [0.717, 1.165) is 29.5 Å². The quantitative estimate of drug-likeness (QED) is 0.104. The fourth-order valence-corrected chi connectivity index (χ4v) is 4.65. The second-order valence-electron chi connectivity index (χ2n) is 10.8. The minimum absolute atomic E-state index is 0.206. The van der Waals surface area contributed by atoms with Crippen LogP contribution in [0.15, 0.2) is 78.9 Å². The van der Waals surface area contributed by atoms with E-state index in [1.54, 1.807) is 49.1 Å². The summed E-state index contributed by atoms with van der Waals surface area (Å²) in [5.74, 6) is 5.26.